The zero-order chi connectivity index (χ0) is 23.3. The van der Waals surface area contributed by atoms with Gasteiger partial charge in [-0.15, -0.1) is 0 Å². The summed E-state index contributed by atoms with van der Waals surface area (Å²) >= 11 is 0. The molecule has 1 amide bonds. The monoisotopic (exact) mass is 462 g/mol. The molecule has 5 rings (SSSR count). The molecular formula is C24H30N8O2. The summed E-state index contributed by atoms with van der Waals surface area (Å²) in [6.07, 6.45) is 12.9. The van der Waals surface area contributed by atoms with E-state index in [2.05, 4.69) is 30.3 Å². The van der Waals surface area contributed by atoms with Crippen LogP contribution in [-0.4, -0.2) is 54.8 Å². The minimum absolute atomic E-state index is 0.0386. The van der Waals surface area contributed by atoms with Crippen LogP contribution in [0.25, 0.3) is 5.82 Å². The van der Waals surface area contributed by atoms with Crippen molar-refractivity contribution >= 4 is 11.7 Å². The molecule has 0 spiro atoms. The van der Waals surface area contributed by atoms with E-state index >= 15 is 0 Å². The molecule has 10 heteroatoms. The molecule has 2 fully saturated rings. The lowest BCUT2D eigenvalue weighted by molar-refractivity contribution is -0.125. The molecule has 2 aliphatic rings. The number of hydrogen-bond donors (Lipinski definition) is 1. The maximum Gasteiger partial charge on any atom is 0.253 e. The van der Waals surface area contributed by atoms with E-state index in [-0.39, 0.29) is 17.4 Å². The van der Waals surface area contributed by atoms with Gasteiger partial charge in [0, 0.05) is 62.5 Å². The van der Waals surface area contributed by atoms with Gasteiger partial charge in [-0.3, -0.25) is 14.2 Å². The lowest BCUT2D eigenvalue weighted by Gasteiger charge is -2.32. The van der Waals surface area contributed by atoms with E-state index in [4.69, 9.17) is 0 Å². The maximum atomic E-state index is 12.7. The Labute approximate surface area is 198 Å². The van der Waals surface area contributed by atoms with Crippen LogP contribution in [0, 0.1) is 5.92 Å². The summed E-state index contributed by atoms with van der Waals surface area (Å²) in [6, 6.07) is 5.43. The number of amides is 1. The van der Waals surface area contributed by atoms with Crippen molar-refractivity contribution in [3.8, 4) is 5.82 Å². The largest absolute Gasteiger partial charge is 0.356 e. The van der Waals surface area contributed by atoms with E-state index in [0.29, 0.717) is 19.0 Å². The zero-order valence-electron chi connectivity index (χ0n) is 19.2. The number of nitrogens with one attached hydrogen (secondary N) is 1. The molecule has 3 aromatic heterocycles. The van der Waals surface area contributed by atoms with Crippen molar-refractivity contribution in [2.45, 2.75) is 51.0 Å². The first-order valence-electron chi connectivity index (χ1n) is 12.1. The summed E-state index contributed by atoms with van der Waals surface area (Å²) in [5.74, 6) is 1.99. The molecule has 1 saturated heterocycles. The number of aromatic nitrogens is 6. The fourth-order valence-corrected chi connectivity index (χ4v) is 4.91. The second kappa shape index (κ2) is 10.1. The Balaban J connectivity index is 1.09. The average Bonchev–Trinajstić information content (AvgIpc) is 3.60. The number of carbonyl (C=O) groups excluding carboxylic acids is 1. The van der Waals surface area contributed by atoms with Gasteiger partial charge in [0.1, 0.15) is 12.1 Å². The van der Waals surface area contributed by atoms with E-state index < -0.39 is 0 Å². The molecule has 1 N–H and O–H groups in total. The van der Waals surface area contributed by atoms with Crippen LogP contribution in [0.3, 0.4) is 0 Å². The molecule has 0 atom stereocenters. The first-order valence-corrected chi connectivity index (χ1v) is 12.1. The van der Waals surface area contributed by atoms with Gasteiger partial charge in [-0.25, -0.2) is 19.6 Å². The molecule has 1 saturated carbocycles. The Morgan fingerprint density at radius 2 is 1.82 bits per heavy atom. The van der Waals surface area contributed by atoms with Crippen molar-refractivity contribution < 1.29 is 4.79 Å². The van der Waals surface area contributed by atoms with Crippen molar-refractivity contribution in [2.24, 2.45) is 5.92 Å². The maximum absolute atomic E-state index is 12.7. The van der Waals surface area contributed by atoms with Crippen molar-refractivity contribution in [2.75, 3.05) is 24.5 Å². The highest BCUT2D eigenvalue weighted by molar-refractivity contribution is 5.78. The number of rotatable bonds is 7. The standard InChI is InChI=1S/C24H30N8O2/c33-23-14-20(18-4-1-2-5-18)28-17-31(23)13-9-25-24(34)19-6-11-30(12-7-19)21-15-22(27-16-26-21)32-10-3-8-29-32/h3,8,10,14-19H,1-2,4-7,9,11-13H2,(H,25,34). The van der Waals surface area contributed by atoms with Gasteiger partial charge in [0.25, 0.3) is 5.56 Å². The van der Waals surface area contributed by atoms with Crippen molar-refractivity contribution in [1.82, 2.24) is 34.6 Å². The molecule has 1 aliphatic heterocycles. The molecule has 3 aromatic rings. The van der Waals surface area contributed by atoms with Gasteiger partial charge >= 0.3 is 0 Å². The number of carbonyl (C=O) groups is 1. The highest BCUT2D eigenvalue weighted by Gasteiger charge is 2.26. The van der Waals surface area contributed by atoms with Crippen LogP contribution in [0.2, 0.25) is 0 Å². The SMILES string of the molecule is O=C(NCCn1cnc(C2CCCC2)cc1=O)C1CCN(c2cc(-n3cccn3)ncn2)CC1. The molecule has 4 heterocycles. The Bertz CT molecular complexity index is 1160. The lowest BCUT2D eigenvalue weighted by atomic mass is 9.96. The van der Waals surface area contributed by atoms with Gasteiger partial charge in [0.05, 0.1) is 12.0 Å². The number of anilines is 1. The Morgan fingerprint density at radius 1 is 1.03 bits per heavy atom. The van der Waals surface area contributed by atoms with Crippen LogP contribution in [0.4, 0.5) is 5.82 Å². The Morgan fingerprint density at radius 3 is 2.56 bits per heavy atom. The molecule has 0 bridgehead atoms. The van der Waals surface area contributed by atoms with Crippen LogP contribution in [0.1, 0.15) is 50.1 Å². The summed E-state index contributed by atoms with van der Waals surface area (Å²) in [5, 5.41) is 7.21. The third-order valence-electron chi connectivity index (χ3n) is 6.89. The number of piperidine rings is 1. The normalized spacial score (nSPS) is 17.2. The molecule has 0 aromatic carbocycles. The molecule has 1 aliphatic carbocycles. The average molecular weight is 463 g/mol. The van der Waals surface area contributed by atoms with Gasteiger partial charge in [0.2, 0.25) is 5.91 Å². The first kappa shape index (κ1) is 22.2. The van der Waals surface area contributed by atoms with Crippen molar-refractivity contribution in [3.05, 3.63) is 59.3 Å². The summed E-state index contributed by atoms with van der Waals surface area (Å²) in [4.78, 5) is 40.5. The molecule has 0 radical (unpaired) electrons. The Hall–Kier alpha value is -3.56. The fourth-order valence-electron chi connectivity index (χ4n) is 4.91. The van der Waals surface area contributed by atoms with Crippen LogP contribution in [0.5, 0.6) is 0 Å². The van der Waals surface area contributed by atoms with Gasteiger partial charge < -0.3 is 10.2 Å². The summed E-state index contributed by atoms with van der Waals surface area (Å²) in [7, 11) is 0. The second-order valence-corrected chi connectivity index (χ2v) is 9.06. The fraction of sp³-hybridized carbons (Fsp3) is 0.500. The van der Waals surface area contributed by atoms with Gasteiger partial charge in [-0.2, -0.15) is 5.10 Å². The molecule has 0 unspecified atom stereocenters. The predicted octanol–water partition coefficient (Wildman–Crippen LogP) is 1.91. The summed E-state index contributed by atoms with van der Waals surface area (Å²) in [6.45, 7) is 2.35. The van der Waals surface area contributed by atoms with Crippen LogP contribution in [0.15, 0.2) is 48.0 Å². The molecule has 178 valence electrons. The summed E-state index contributed by atoms with van der Waals surface area (Å²) in [5.41, 5.74) is 0.869. The summed E-state index contributed by atoms with van der Waals surface area (Å²) < 4.78 is 3.28. The topological polar surface area (TPSA) is 111 Å². The predicted molar refractivity (Wildman–Crippen MR) is 127 cm³/mol. The number of hydrogen-bond acceptors (Lipinski definition) is 7. The van der Waals surface area contributed by atoms with Crippen molar-refractivity contribution in [1.29, 1.82) is 0 Å². The van der Waals surface area contributed by atoms with E-state index in [1.54, 1.807) is 34.2 Å². The minimum Gasteiger partial charge on any atom is -0.356 e. The van der Waals surface area contributed by atoms with E-state index in [1.165, 1.54) is 12.8 Å². The molecular weight excluding hydrogens is 432 g/mol. The van der Waals surface area contributed by atoms with E-state index in [0.717, 1.165) is 56.1 Å². The van der Waals surface area contributed by atoms with E-state index in [1.807, 2.05) is 18.3 Å². The second-order valence-electron chi connectivity index (χ2n) is 9.06. The van der Waals surface area contributed by atoms with Crippen LogP contribution < -0.4 is 15.8 Å². The van der Waals surface area contributed by atoms with Gasteiger partial charge in [-0.05, 0) is 31.7 Å². The molecule has 10 nitrogen and oxygen atoms in total. The smallest absolute Gasteiger partial charge is 0.253 e. The highest BCUT2D eigenvalue weighted by Crippen LogP contribution is 2.32. The minimum atomic E-state index is -0.0428. The van der Waals surface area contributed by atoms with Gasteiger partial charge in [0.15, 0.2) is 5.82 Å². The zero-order valence-corrected chi connectivity index (χ0v) is 19.2. The highest BCUT2D eigenvalue weighted by atomic mass is 16.2. The van der Waals surface area contributed by atoms with Crippen LogP contribution in [-0.2, 0) is 11.3 Å². The third kappa shape index (κ3) is 5.00. The first-order chi connectivity index (χ1) is 16.7. The van der Waals surface area contributed by atoms with E-state index in [9.17, 15) is 9.59 Å². The van der Waals surface area contributed by atoms with Crippen molar-refractivity contribution in [3.63, 3.8) is 0 Å². The lowest BCUT2D eigenvalue weighted by Crippen LogP contribution is -2.42. The quantitative estimate of drug-likeness (QED) is 0.571. The van der Waals surface area contributed by atoms with Crippen LogP contribution >= 0.6 is 0 Å². The van der Waals surface area contributed by atoms with Gasteiger partial charge in [-0.1, -0.05) is 12.8 Å². The third-order valence-corrected chi connectivity index (χ3v) is 6.89. The molecule has 34 heavy (non-hydrogen) atoms. The Kier molecular flexibility index (Phi) is 6.64. The number of nitrogens with zero attached hydrogens (tertiary/aromatic N) is 7.